The molecule has 3 unspecified atom stereocenters. The summed E-state index contributed by atoms with van der Waals surface area (Å²) in [7, 11) is 0. The van der Waals surface area contributed by atoms with Crippen LogP contribution in [0.2, 0.25) is 0 Å². The molecule has 3 atom stereocenters. The van der Waals surface area contributed by atoms with Gasteiger partial charge < -0.3 is 20.6 Å². The highest BCUT2D eigenvalue weighted by Crippen LogP contribution is 2.14. The van der Waals surface area contributed by atoms with Crippen LogP contribution in [0.5, 0.6) is 0 Å². The summed E-state index contributed by atoms with van der Waals surface area (Å²) >= 11 is 0. The average Bonchev–Trinajstić information content (AvgIpc) is 3.03. The first-order valence-corrected chi connectivity index (χ1v) is 19.1. The monoisotopic (exact) mass is 622 g/mol. The SMILES string of the molecule is CCCCCCCC/C=C/CCCC(O)C(O)C(CO)NC(=O)CCCCCCCCC/C=C\CCCCCCCCCC. The standard InChI is InChI=1S/C39H75NO4/c1-3-5-7-9-11-13-15-16-17-18-19-20-21-22-24-26-28-30-32-34-38(43)40-36(35-41)39(44)37(42)33-31-29-27-25-23-14-12-10-8-6-4-2/h18-19,25,27,36-37,39,41-42,44H,3-17,20-24,26,28-35H2,1-2H3,(H,40,43)/b19-18-,27-25+. The number of hydrogen-bond donors (Lipinski definition) is 4. The number of carbonyl (C=O) groups excluding carboxylic acids is 1. The maximum absolute atomic E-state index is 12.4. The number of aliphatic hydroxyl groups is 3. The van der Waals surface area contributed by atoms with Crippen molar-refractivity contribution in [3.05, 3.63) is 24.3 Å². The van der Waals surface area contributed by atoms with Crippen LogP contribution in [0.3, 0.4) is 0 Å². The van der Waals surface area contributed by atoms with E-state index in [1.165, 1.54) is 128 Å². The molecular formula is C39H75NO4. The van der Waals surface area contributed by atoms with E-state index in [-0.39, 0.29) is 12.5 Å². The highest BCUT2D eigenvalue weighted by Gasteiger charge is 2.26. The minimum atomic E-state index is -1.16. The summed E-state index contributed by atoms with van der Waals surface area (Å²) in [6, 6.07) is -0.824. The van der Waals surface area contributed by atoms with Crippen molar-refractivity contribution < 1.29 is 20.1 Å². The second-order valence-electron chi connectivity index (χ2n) is 13.1. The summed E-state index contributed by atoms with van der Waals surface area (Å²) < 4.78 is 0. The molecular weight excluding hydrogens is 546 g/mol. The van der Waals surface area contributed by atoms with Crippen LogP contribution in [0.4, 0.5) is 0 Å². The van der Waals surface area contributed by atoms with E-state index in [0.29, 0.717) is 12.8 Å². The molecule has 0 saturated heterocycles. The van der Waals surface area contributed by atoms with Crippen LogP contribution in [-0.4, -0.2) is 46.1 Å². The largest absolute Gasteiger partial charge is 0.394 e. The van der Waals surface area contributed by atoms with Crippen LogP contribution < -0.4 is 5.32 Å². The van der Waals surface area contributed by atoms with Crippen molar-refractivity contribution in [2.75, 3.05) is 6.61 Å². The van der Waals surface area contributed by atoms with Crippen molar-refractivity contribution in [2.45, 2.75) is 212 Å². The Bertz CT molecular complexity index is 650. The van der Waals surface area contributed by atoms with Crippen molar-refractivity contribution in [3.8, 4) is 0 Å². The summed E-state index contributed by atoms with van der Waals surface area (Å²) in [5, 5.41) is 33.3. The Kier molecular flexibility index (Phi) is 33.8. The Hall–Kier alpha value is -1.17. The van der Waals surface area contributed by atoms with Crippen molar-refractivity contribution in [1.82, 2.24) is 5.32 Å². The number of allylic oxidation sites excluding steroid dienone is 4. The van der Waals surface area contributed by atoms with Gasteiger partial charge >= 0.3 is 0 Å². The van der Waals surface area contributed by atoms with Crippen molar-refractivity contribution >= 4 is 5.91 Å². The molecule has 0 aliphatic carbocycles. The van der Waals surface area contributed by atoms with E-state index >= 15 is 0 Å². The van der Waals surface area contributed by atoms with Crippen molar-refractivity contribution in [1.29, 1.82) is 0 Å². The summed E-state index contributed by atoms with van der Waals surface area (Å²) in [5.74, 6) is -0.160. The van der Waals surface area contributed by atoms with Gasteiger partial charge in [0, 0.05) is 6.42 Å². The molecule has 4 N–H and O–H groups in total. The first-order valence-electron chi connectivity index (χ1n) is 19.1. The van der Waals surface area contributed by atoms with Crippen LogP contribution in [-0.2, 0) is 4.79 Å². The molecule has 0 radical (unpaired) electrons. The lowest BCUT2D eigenvalue weighted by atomic mass is 10.0. The normalized spacial score (nSPS) is 14.0. The highest BCUT2D eigenvalue weighted by atomic mass is 16.3. The molecule has 0 aromatic rings. The molecule has 5 heteroatoms. The Labute approximate surface area is 273 Å². The molecule has 44 heavy (non-hydrogen) atoms. The maximum atomic E-state index is 12.4. The molecule has 0 aromatic carbocycles. The molecule has 0 rings (SSSR count). The second kappa shape index (κ2) is 34.7. The van der Waals surface area contributed by atoms with E-state index in [9.17, 15) is 20.1 Å². The van der Waals surface area contributed by atoms with E-state index in [4.69, 9.17) is 0 Å². The zero-order chi connectivity index (χ0) is 32.4. The molecule has 0 aliphatic heterocycles. The second-order valence-corrected chi connectivity index (χ2v) is 13.1. The molecule has 0 bridgehead atoms. The Morgan fingerprint density at radius 1 is 0.545 bits per heavy atom. The minimum absolute atomic E-state index is 0.160. The highest BCUT2D eigenvalue weighted by molar-refractivity contribution is 5.76. The summed E-state index contributed by atoms with van der Waals surface area (Å²) in [6.07, 6.45) is 39.9. The summed E-state index contributed by atoms with van der Waals surface area (Å²) in [5.41, 5.74) is 0. The van der Waals surface area contributed by atoms with Crippen LogP contribution in [0, 0.1) is 0 Å². The van der Waals surface area contributed by atoms with Crippen LogP contribution in [0.25, 0.3) is 0 Å². The molecule has 0 spiro atoms. The predicted molar refractivity (Wildman–Crippen MR) is 190 cm³/mol. The zero-order valence-corrected chi connectivity index (χ0v) is 29.3. The van der Waals surface area contributed by atoms with Crippen LogP contribution >= 0.6 is 0 Å². The third-order valence-electron chi connectivity index (χ3n) is 8.78. The number of amides is 1. The third-order valence-corrected chi connectivity index (χ3v) is 8.78. The quantitative estimate of drug-likeness (QED) is 0.0425. The number of unbranched alkanes of at least 4 members (excludes halogenated alkanes) is 22. The third kappa shape index (κ3) is 29.5. The van der Waals surface area contributed by atoms with Gasteiger partial charge in [-0.1, -0.05) is 147 Å². The van der Waals surface area contributed by atoms with E-state index < -0.39 is 18.2 Å². The molecule has 1 amide bonds. The average molecular weight is 622 g/mol. The van der Waals surface area contributed by atoms with Crippen molar-refractivity contribution in [2.24, 2.45) is 0 Å². The van der Waals surface area contributed by atoms with Gasteiger partial charge in [0.25, 0.3) is 0 Å². The van der Waals surface area contributed by atoms with Gasteiger partial charge in [-0.05, 0) is 64.2 Å². The number of carbonyl (C=O) groups is 1. The summed E-state index contributed by atoms with van der Waals surface area (Å²) in [6.45, 7) is 4.13. The Morgan fingerprint density at radius 2 is 0.909 bits per heavy atom. The molecule has 0 fully saturated rings. The van der Waals surface area contributed by atoms with E-state index in [1.54, 1.807) is 0 Å². The lowest BCUT2D eigenvalue weighted by Gasteiger charge is -2.26. The molecule has 5 nitrogen and oxygen atoms in total. The van der Waals surface area contributed by atoms with Gasteiger partial charge in [0.05, 0.1) is 18.8 Å². The lowest BCUT2D eigenvalue weighted by Crippen LogP contribution is -2.50. The maximum Gasteiger partial charge on any atom is 0.220 e. The Balaban J connectivity index is 3.69. The van der Waals surface area contributed by atoms with Gasteiger partial charge in [-0.25, -0.2) is 0 Å². The smallest absolute Gasteiger partial charge is 0.220 e. The molecule has 0 aliphatic rings. The van der Waals surface area contributed by atoms with E-state index in [0.717, 1.165) is 38.5 Å². The molecule has 0 saturated carbocycles. The number of aliphatic hydroxyl groups excluding tert-OH is 3. The molecule has 0 heterocycles. The van der Waals surface area contributed by atoms with Crippen LogP contribution in [0.15, 0.2) is 24.3 Å². The number of rotatable bonds is 34. The van der Waals surface area contributed by atoms with Gasteiger partial charge in [0.2, 0.25) is 5.91 Å². The van der Waals surface area contributed by atoms with Gasteiger partial charge in [0.1, 0.15) is 6.10 Å². The van der Waals surface area contributed by atoms with E-state index in [2.05, 4.69) is 43.5 Å². The predicted octanol–water partition coefficient (Wildman–Crippen LogP) is 10.3. The number of nitrogens with one attached hydrogen (secondary N) is 1. The first-order chi connectivity index (χ1) is 21.6. The zero-order valence-electron chi connectivity index (χ0n) is 29.3. The number of hydrogen-bond acceptors (Lipinski definition) is 4. The van der Waals surface area contributed by atoms with Gasteiger partial charge in [-0.2, -0.15) is 0 Å². The van der Waals surface area contributed by atoms with Crippen molar-refractivity contribution in [3.63, 3.8) is 0 Å². The molecule has 0 aromatic heterocycles. The van der Waals surface area contributed by atoms with Gasteiger partial charge in [-0.3, -0.25) is 4.79 Å². The minimum Gasteiger partial charge on any atom is -0.394 e. The van der Waals surface area contributed by atoms with E-state index in [1.807, 2.05) is 0 Å². The topological polar surface area (TPSA) is 89.8 Å². The summed E-state index contributed by atoms with van der Waals surface area (Å²) in [4.78, 5) is 12.4. The Morgan fingerprint density at radius 3 is 1.32 bits per heavy atom. The fourth-order valence-electron chi connectivity index (χ4n) is 5.74. The van der Waals surface area contributed by atoms with Crippen LogP contribution in [0.1, 0.15) is 194 Å². The van der Waals surface area contributed by atoms with Gasteiger partial charge in [-0.15, -0.1) is 0 Å². The molecule has 260 valence electrons. The lowest BCUT2D eigenvalue weighted by molar-refractivity contribution is -0.124. The van der Waals surface area contributed by atoms with Gasteiger partial charge in [0.15, 0.2) is 0 Å². The first kappa shape index (κ1) is 42.8. The fraction of sp³-hybridized carbons (Fsp3) is 0.872. The fourth-order valence-corrected chi connectivity index (χ4v) is 5.74.